The van der Waals surface area contributed by atoms with E-state index in [1.54, 1.807) is 18.3 Å². The van der Waals surface area contributed by atoms with Crippen molar-refractivity contribution in [3.63, 3.8) is 0 Å². The zero-order valence-electron chi connectivity index (χ0n) is 13.3. The lowest BCUT2D eigenvalue weighted by molar-refractivity contribution is -0.135. The average molecular weight is 376 g/mol. The summed E-state index contributed by atoms with van der Waals surface area (Å²) in [5.41, 5.74) is 5.84. The van der Waals surface area contributed by atoms with Gasteiger partial charge in [0.1, 0.15) is 5.82 Å². The number of amides is 2. The minimum Gasteiger partial charge on any atom is -0.365 e. The van der Waals surface area contributed by atoms with Gasteiger partial charge in [0, 0.05) is 38.9 Å². The molecule has 1 unspecified atom stereocenters. The zero-order chi connectivity index (χ0) is 15.5. The van der Waals surface area contributed by atoms with E-state index < -0.39 is 5.91 Å². The molecule has 2 saturated heterocycles. The summed E-state index contributed by atoms with van der Waals surface area (Å²) in [5.74, 6) is 0.492. The molecule has 1 atom stereocenters. The van der Waals surface area contributed by atoms with E-state index >= 15 is 0 Å². The molecule has 9 heteroatoms. The Kier molecular flexibility index (Phi) is 7.72. The third-order valence-electron chi connectivity index (χ3n) is 4.35. The SMILES string of the molecule is Cl.Cl.NC(=O)c1cccnc1N1CCN(C(=O)C2CCNC2)CC1. The van der Waals surface area contributed by atoms with Crippen molar-refractivity contribution in [1.29, 1.82) is 0 Å². The predicted octanol–water partition coefficient (Wildman–Crippen LogP) is 0.282. The highest BCUT2D eigenvalue weighted by Gasteiger charge is 2.30. The summed E-state index contributed by atoms with van der Waals surface area (Å²) in [5, 5.41) is 3.23. The van der Waals surface area contributed by atoms with Gasteiger partial charge in [0.25, 0.3) is 5.91 Å². The summed E-state index contributed by atoms with van der Waals surface area (Å²) < 4.78 is 0. The molecule has 0 radical (unpaired) electrons. The predicted molar refractivity (Wildman–Crippen MR) is 97.0 cm³/mol. The molecule has 134 valence electrons. The van der Waals surface area contributed by atoms with Crippen LogP contribution in [0, 0.1) is 5.92 Å². The molecular weight excluding hydrogens is 353 g/mol. The molecule has 0 saturated carbocycles. The average Bonchev–Trinajstić information content (AvgIpc) is 3.09. The molecule has 2 aliphatic rings. The van der Waals surface area contributed by atoms with E-state index in [1.807, 2.05) is 9.80 Å². The molecule has 2 amide bonds. The minimum absolute atomic E-state index is 0. The van der Waals surface area contributed by atoms with Gasteiger partial charge in [-0.2, -0.15) is 0 Å². The normalized spacial score (nSPS) is 20.1. The van der Waals surface area contributed by atoms with Crippen molar-refractivity contribution in [2.45, 2.75) is 6.42 Å². The van der Waals surface area contributed by atoms with Gasteiger partial charge in [0.05, 0.1) is 11.5 Å². The second-order valence-electron chi connectivity index (χ2n) is 5.74. The van der Waals surface area contributed by atoms with E-state index in [0.29, 0.717) is 37.6 Å². The molecule has 2 aliphatic heterocycles. The Hall–Kier alpha value is -1.57. The number of nitrogens with one attached hydrogen (secondary N) is 1. The van der Waals surface area contributed by atoms with Crippen LogP contribution in [0.2, 0.25) is 0 Å². The summed E-state index contributed by atoms with van der Waals surface area (Å²) >= 11 is 0. The molecule has 3 rings (SSSR count). The Labute approximate surface area is 153 Å². The van der Waals surface area contributed by atoms with Crippen LogP contribution < -0.4 is 16.0 Å². The van der Waals surface area contributed by atoms with Gasteiger partial charge in [0.15, 0.2) is 0 Å². The van der Waals surface area contributed by atoms with Crippen LogP contribution in [-0.4, -0.2) is 61.0 Å². The number of anilines is 1. The molecular formula is C15H23Cl2N5O2. The first-order chi connectivity index (χ1) is 10.7. The number of nitrogens with two attached hydrogens (primary N) is 1. The van der Waals surface area contributed by atoms with Gasteiger partial charge in [-0.3, -0.25) is 9.59 Å². The number of hydrogen-bond donors (Lipinski definition) is 2. The van der Waals surface area contributed by atoms with E-state index in [9.17, 15) is 9.59 Å². The van der Waals surface area contributed by atoms with Gasteiger partial charge in [-0.15, -0.1) is 24.8 Å². The molecule has 7 nitrogen and oxygen atoms in total. The van der Waals surface area contributed by atoms with Crippen LogP contribution in [0.15, 0.2) is 18.3 Å². The van der Waals surface area contributed by atoms with Crippen LogP contribution in [0.25, 0.3) is 0 Å². The molecule has 3 N–H and O–H groups in total. The van der Waals surface area contributed by atoms with Crippen LogP contribution in [0.1, 0.15) is 16.8 Å². The lowest BCUT2D eigenvalue weighted by atomic mass is 10.1. The number of primary amides is 1. The van der Waals surface area contributed by atoms with Crippen molar-refractivity contribution in [1.82, 2.24) is 15.2 Å². The summed E-state index contributed by atoms with van der Waals surface area (Å²) in [6.45, 7) is 4.36. The van der Waals surface area contributed by atoms with Crippen molar-refractivity contribution >= 4 is 42.4 Å². The summed E-state index contributed by atoms with van der Waals surface area (Å²) in [6.07, 6.45) is 2.58. The second-order valence-corrected chi connectivity index (χ2v) is 5.74. The van der Waals surface area contributed by atoms with E-state index in [1.165, 1.54) is 0 Å². The van der Waals surface area contributed by atoms with Crippen LogP contribution in [0.5, 0.6) is 0 Å². The first-order valence-corrected chi connectivity index (χ1v) is 7.66. The molecule has 2 fully saturated rings. The zero-order valence-corrected chi connectivity index (χ0v) is 14.9. The fourth-order valence-electron chi connectivity index (χ4n) is 3.10. The molecule has 3 heterocycles. The van der Waals surface area contributed by atoms with E-state index in [-0.39, 0.29) is 36.6 Å². The molecule has 0 aromatic carbocycles. The number of aromatic nitrogens is 1. The third kappa shape index (κ3) is 4.28. The van der Waals surface area contributed by atoms with Crippen LogP contribution in [-0.2, 0) is 4.79 Å². The molecule has 24 heavy (non-hydrogen) atoms. The lowest BCUT2D eigenvalue weighted by Crippen LogP contribution is -2.51. The van der Waals surface area contributed by atoms with Crippen LogP contribution >= 0.6 is 24.8 Å². The fourth-order valence-corrected chi connectivity index (χ4v) is 3.10. The maximum absolute atomic E-state index is 12.4. The van der Waals surface area contributed by atoms with Crippen molar-refractivity contribution in [2.24, 2.45) is 11.7 Å². The van der Waals surface area contributed by atoms with E-state index in [0.717, 1.165) is 19.5 Å². The maximum Gasteiger partial charge on any atom is 0.252 e. The number of rotatable bonds is 3. The number of carbonyl (C=O) groups is 2. The Morgan fingerprint density at radius 1 is 1.21 bits per heavy atom. The number of carbonyl (C=O) groups excluding carboxylic acids is 2. The molecule has 1 aromatic heterocycles. The number of nitrogens with zero attached hydrogens (tertiary/aromatic N) is 3. The minimum atomic E-state index is -0.473. The van der Waals surface area contributed by atoms with E-state index in [2.05, 4.69) is 10.3 Å². The quantitative estimate of drug-likeness (QED) is 0.791. The maximum atomic E-state index is 12.4. The first-order valence-electron chi connectivity index (χ1n) is 7.66. The molecule has 0 bridgehead atoms. The highest BCUT2D eigenvalue weighted by Crippen LogP contribution is 2.20. The van der Waals surface area contributed by atoms with Gasteiger partial charge in [-0.25, -0.2) is 4.98 Å². The summed E-state index contributed by atoms with van der Waals surface area (Å²) in [4.78, 5) is 32.1. The van der Waals surface area contributed by atoms with Gasteiger partial charge in [0.2, 0.25) is 5.91 Å². The number of halogens is 2. The van der Waals surface area contributed by atoms with Crippen molar-refractivity contribution in [3.05, 3.63) is 23.9 Å². The monoisotopic (exact) mass is 375 g/mol. The largest absolute Gasteiger partial charge is 0.365 e. The lowest BCUT2D eigenvalue weighted by Gasteiger charge is -2.37. The number of hydrogen-bond acceptors (Lipinski definition) is 5. The van der Waals surface area contributed by atoms with Crippen molar-refractivity contribution in [3.8, 4) is 0 Å². The highest BCUT2D eigenvalue weighted by atomic mass is 35.5. The van der Waals surface area contributed by atoms with E-state index in [4.69, 9.17) is 5.73 Å². The van der Waals surface area contributed by atoms with Gasteiger partial charge in [-0.05, 0) is 25.1 Å². The molecule has 1 aromatic rings. The van der Waals surface area contributed by atoms with Crippen molar-refractivity contribution < 1.29 is 9.59 Å². The van der Waals surface area contributed by atoms with Crippen LogP contribution in [0.3, 0.4) is 0 Å². The summed E-state index contributed by atoms with van der Waals surface area (Å²) in [6, 6.07) is 3.39. The Balaban J connectivity index is 0.00000144. The Morgan fingerprint density at radius 2 is 1.92 bits per heavy atom. The second kappa shape index (κ2) is 9.05. The summed E-state index contributed by atoms with van der Waals surface area (Å²) in [7, 11) is 0. The third-order valence-corrected chi connectivity index (χ3v) is 4.35. The molecule has 0 spiro atoms. The Morgan fingerprint density at radius 3 is 2.50 bits per heavy atom. The standard InChI is InChI=1S/C15H21N5O2.2ClH/c16-13(21)12-2-1-4-18-14(12)19-6-8-20(9-7-19)15(22)11-3-5-17-10-11;;/h1-2,4,11,17H,3,5-10H2,(H2,16,21);2*1H. The molecule has 0 aliphatic carbocycles. The van der Waals surface area contributed by atoms with Crippen LogP contribution in [0.4, 0.5) is 5.82 Å². The Bertz CT molecular complexity index is 573. The number of pyridine rings is 1. The van der Waals surface area contributed by atoms with Gasteiger partial charge >= 0.3 is 0 Å². The topological polar surface area (TPSA) is 91.6 Å². The number of piperazine rings is 1. The first kappa shape index (κ1) is 20.5. The van der Waals surface area contributed by atoms with Crippen molar-refractivity contribution in [2.75, 3.05) is 44.2 Å². The van der Waals surface area contributed by atoms with Gasteiger partial charge in [-0.1, -0.05) is 0 Å². The smallest absolute Gasteiger partial charge is 0.252 e. The fraction of sp³-hybridized carbons (Fsp3) is 0.533. The highest BCUT2D eigenvalue weighted by molar-refractivity contribution is 5.97. The van der Waals surface area contributed by atoms with Gasteiger partial charge < -0.3 is 20.9 Å².